The van der Waals surface area contributed by atoms with Crippen LogP contribution in [-0.4, -0.2) is 28.6 Å². The Balaban J connectivity index is 2.57. The minimum Gasteiger partial charge on any atom is -0.392 e. The molecule has 0 spiro atoms. The van der Waals surface area contributed by atoms with Crippen molar-refractivity contribution in [2.45, 2.75) is 39.2 Å². The van der Waals surface area contributed by atoms with Crippen LogP contribution >= 0.6 is 11.3 Å². The molecule has 0 aliphatic heterocycles. The number of aliphatic hydroxyl groups excluding tert-OH is 1. The fourth-order valence-corrected chi connectivity index (χ4v) is 2.05. The molecule has 1 unspecified atom stereocenters. The summed E-state index contributed by atoms with van der Waals surface area (Å²) in [6.45, 7) is 8.21. The Morgan fingerprint density at radius 3 is 2.78 bits per heavy atom. The van der Waals surface area contributed by atoms with Gasteiger partial charge in [-0.25, -0.2) is 4.98 Å². The van der Waals surface area contributed by atoms with E-state index in [4.69, 9.17) is 5.11 Å². The lowest BCUT2D eigenvalue weighted by Gasteiger charge is -2.13. The second-order valence-corrected chi connectivity index (χ2v) is 6.31. The van der Waals surface area contributed by atoms with Crippen molar-refractivity contribution < 1.29 is 9.90 Å². The van der Waals surface area contributed by atoms with Gasteiger partial charge in [-0.2, -0.15) is 0 Å². The van der Waals surface area contributed by atoms with Gasteiger partial charge in [0, 0.05) is 29.1 Å². The highest BCUT2D eigenvalue weighted by atomic mass is 32.1. The highest BCUT2D eigenvalue weighted by Crippen LogP contribution is 2.27. The number of nitrogens with zero attached hydrogens (tertiary/aromatic N) is 1. The van der Waals surface area contributed by atoms with Gasteiger partial charge in [0.1, 0.15) is 0 Å². The first-order valence-corrected chi connectivity index (χ1v) is 6.71. The Morgan fingerprint density at radius 1 is 1.61 bits per heavy atom. The molecule has 1 heterocycles. The molecule has 0 radical (unpaired) electrons. The van der Waals surface area contributed by atoms with Gasteiger partial charge in [0.15, 0.2) is 0 Å². The highest BCUT2D eigenvalue weighted by molar-refractivity contribution is 7.12. The molecule has 0 saturated carbocycles. The van der Waals surface area contributed by atoms with E-state index in [1.54, 1.807) is 30.5 Å². The molecular formula is C13H20N2O2S. The van der Waals surface area contributed by atoms with Crippen LogP contribution in [0.3, 0.4) is 0 Å². The molecule has 4 nitrogen and oxygen atoms in total. The zero-order valence-electron chi connectivity index (χ0n) is 11.2. The highest BCUT2D eigenvalue weighted by Gasteiger charge is 2.17. The zero-order valence-corrected chi connectivity index (χ0v) is 12.0. The summed E-state index contributed by atoms with van der Waals surface area (Å²) in [5, 5.41) is 12.7. The molecule has 18 heavy (non-hydrogen) atoms. The lowest BCUT2D eigenvalue weighted by Crippen LogP contribution is -2.28. The van der Waals surface area contributed by atoms with Crippen molar-refractivity contribution in [2.24, 2.45) is 0 Å². The van der Waals surface area contributed by atoms with Crippen LogP contribution in [0.1, 0.15) is 37.6 Å². The SMILES string of the molecule is CC(O)CNC(=O)/C=C/c1cnc(C(C)(C)C)s1. The maximum atomic E-state index is 11.4. The van der Waals surface area contributed by atoms with E-state index in [1.807, 2.05) is 0 Å². The van der Waals surface area contributed by atoms with Gasteiger partial charge in [-0.3, -0.25) is 4.79 Å². The summed E-state index contributed by atoms with van der Waals surface area (Å²) < 4.78 is 0. The fourth-order valence-electron chi connectivity index (χ4n) is 1.18. The smallest absolute Gasteiger partial charge is 0.244 e. The minimum absolute atomic E-state index is 0.0331. The van der Waals surface area contributed by atoms with Crippen molar-refractivity contribution in [1.29, 1.82) is 0 Å². The van der Waals surface area contributed by atoms with Crippen LogP contribution in [0.5, 0.6) is 0 Å². The van der Waals surface area contributed by atoms with Crippen molar-refractivity contribution in [1.82, 2.24) is 10.3 Å². The van der Waals surface area contributed by atoms with Crippen LogP contribution in [0.4, 0.5) is 0 Å². The molecule has 1 amide bonds. The molecule has 0 aliphatic rings. The Morgan fingerprint density at radius 2 is 2.28 bits per heavy atom. The molecule has 0 aromatic carbocycles. The number of aromatic nitrogens is 1. The van der Waals surface area contributed by atoms with Crippen LogP contribution in [0.15, 0.2) is 12.3 Å². The number of nitrogens with one attached hydrogen (secondary N) is 1. The summed E-state index contributed by atoms with van der Waals surface area (Å²) in [6.07, 6.45) is 4.44. The molecule has 2 N–H and O–H groups in total. The molecule has 1 atom stereocenters. The van der Waals surface area contributed by atoms with Crippen molar-refractivity contribution in [3.05, 3.63) is 22.2 Å². The summed E-state index contributed by atoms with van der Waals surface area (Å²) in [7, 11) is 0. The van der Waals surface area contributed by atoms with E-state index in [2.05, 4.69) is 31.1 Å². The second kappa shape index (κ2) is 6.11. The minimum atomic E-state index is -0.529. The van der Waals surface area contributed by atoms with E-state index in [0.717, 1.165) is 9.88 Å². The topological polar surface area (TPSA) is 62.2 Å². The number of carbonyl (C=O) groups is 1. The summed E-state index contributed by atoms with van der Waals surface area (Å²) in [6, 6.07) is 0. The van der Waals surface area contributed by atoms with Gasteiger partial charge in [-0.05, 0) is 13.0 Å². The van der Waals surface area contributed by atoms with Gasteiger partial charge in [0.2, 0.25) is 5.91 Å². The summed E-state index contributed by atoms with van der Waals surface area (Å²) in [5.41, 5.74) is 0.0331. The van der Waals surface area contributed by atoms with Gasteiger partial charge in [-0.15, -0.1) is 11.3 Å². The summed E-state index contributed by atoms with van der Waals surface area (Å²) >= 11 is 1.58. The van der Waals surface area contributed by atoms with Crippen LogP contribution < -0.4 is 5.32 Å². The van der Waals surface area contributed by atoms with E-state index < -0.39 is 6.10 Å². The Labute approximate surface area is 112 Å². The predicted molar refractivity (Wildman–Crippen MR) is 74.5 cm³/mol. The van der Waals surface area contributed by atoms with Crippen LogP contribution in [-0.2, 0) is 10.2 Å². The van der Waals surface area contributed by atoms with E-state index in [0.29, 0.717) is 0 Å². The van der Waals surface area contributed by atoms with Crippen LogP contribution in [0.2, 0.25) is 0 Å². The Bertz CT molecular complexity index is 430. The van der Waals surface area contributed by atoms with E-state index in [9.17, 15) is 4.79 Å². The Kier molecular flexibility index (Phi) is 5.04. The average molecular weight is 268 g/mol. The van der Waals surface area contributed by atoms with E-state index >= 15 is 0 Å². The van der Waals surface area contributed by atoms with Crippen LogP contribution in [0, 0.1) is 0 Å². The standard InChI is InChI=1S/C13H20N2O2S/c1-9(16)7-14-11(17)6-5-10-8-15-12(18-10)13(2,3)4/h5-6,8-9,16H,7H2,1-4H3,(H,14,17)/b6-5+. The van der Waals surface area contributed by atoms with E-state index in [1.165, 1.54) is 6.08 Å². The maximum Gasteiger partial charge on any atom is 0.244 e. The molecule has 0 fully saturated rings. The van der Waals surface area contributed by atoms with Crippen molar-refractivity contribution in [3.63, 3.8) is 0 Å². The molecule has 1 aromatic rings. The Hall–Kier alpha value is -1.20. The molecule has 0 aliphatic carbocycles. The first-order valence-electron chi connectivity index (χ1n) is 5.89. The van der Waals surface area contributed by atoms with Crippen molar-refractivity contribution in [2.75, 3.05) is 6.54 Å². The second-order valence-electron chi connectivity index (χ2n) is 5.25. The fraction of sp³-hybridized carbons (Fsp3) is 0.538. The number of hydrogen-bond acceptors (Lipinski definition) is 4. The first kappa shape index (κ1) is 14.9. The lowest BCUT2D eigenvalue weighted by molar-refractivity contribution is -0.116. The summed E-state index contributed by atoms with van der Waals surface area (Å²) in [4.78, 5) is 16.7. The average Bonchev–Trinajstić information content (AvgIpc) is 2.71. The molecule has 1 aromatic heterocycles. The zero-order chi connectivity index (χ0) is 13.8. The third kappa shape index (κ3) is 4.98. The van der Waals surface area contributed by atoms with Gasteiger partial charge < -0.3 is 10.4 Å². The third-order valence-electron chi connectivity index (χ3n) is 2.14. The first-order chi connectivity index (χ1) is 8.29. The third-order valence-corrected chi connectivity index (χ3v) is 3.52. The monoisotopic (exact) mass is 268 g/mol. The normalized spacial score (nSPS) is 13.8. The summed E-state index contributed by atoms with van der Waals surface area (Å²) in [5.74, 6) is -0.207. The number of aliphatic hydroxyl groups is 1. The number of rotatable bonds is 4. The molecule has 1 rings (SSSR count). The largest absolute Gasteiger partial charge is 0.392 e. The molecule has 5 heteroatoms. The van der Waals surface area contributed by atoms with Gasteiger partial charge in [-0.1, -0.05) is 20.8 Å². The number of amides is 1. The quantitative estimate of drug-likeness (QED) is 0.820. The molecule has 0 saturated heterocycles. The number of hydrogen-bond donors (Lipinski definition) is 2. The maximum absolute atomic E-state index is 11.4. The van der Waals surface area contributed by atoms with E-state index in [-0.39, 0.29) is 17.9 Å². The van der Waals surface area contributed by atoms with Crippen LogP contribution in [0.25, 0.3) is 6.08 Å². The van der Waals surface area contributed by atoms with Gasteiger partial charge >= 0.3 is 0 Å². The van der Waals surface area contributed by atoms with Crippen molar-refractivity contribution in [3.8, 4) is 0 Å². The van der Waals surface area contributed by atoms with Gasteiger partial charge in [0.05, 0.1) is 11.1 Å². The van der Waals surface area contributed by atoms with Crippen molar-refractivity contribution >= 4 is 23.3 Å². The van der Waals surface area contributed by atoms with Gasteiger partial charge in [0.25, 0.3) is 0 Å². The number of carbonyl (C=O) groups excluding carboxylic acids is 1. The number of thiazole rings is 1. The molecule has 0 bridgehead atoms. The lowest BCUT2D eigenvalue weighted by atomic mass is 9.98. The molecular weight excluding hydrogens is 248 g/mol. The predicted octanol–water partition coefficient (Wildman–Crippen LogP) is 1.95. The molecule has 100 valence electrons.